The van der Waals surface area contributed by atoms with Crippen LogP contribution in [-0.4, -0.2) is 64.6 Å². The normalized spacial score (nSPS) is 20.1. The van der Waals surface area contributed by atoms with Crippen molar-refractivity contribution in [2.45, 2.75) is 36.8 Å². The number of benzene rings is 1. The van der Waals surface area contributed by atoms with Gasteiger partial charge in [0, 0.05) is 33.3 Å². The summed E-state index contributed by atoms with van der Waals surface area (Å²) in [7, 11) is -0.310. The molecule has 186 valence electrons. The van der Waals surface area contributed by atoms with E-state index in [0.717, 1.165) is 63.0 Å². The summed E-state index contributed by atoms with van der Waals surface area (Å²) in [5, 5.41) is 0. The number of rotatable bonds is 12. The molecule has 0 heterocycles. The molecule has 1 aromatic rings. The summed E-state index contributed by atoms with van der Waals surface area (Å²) in [6.45, 7) is 7.04. The van der Waals surface area contributed by atoms with Gasteiger partial charge < -0.3 is 4.74 Å². The largest absolute Gasteiger partial charge is 0.416 e. The van der Waals surface area contributed by atoms with E-state index in [2.05, 4.69) is 17.6 Å². The highest BCUT2D eigenvalue weighted by Crippen LogP contribution is 2.32. The SMILES string of the molecule is C=CCN(C)C/C=C/COCC1CCC(CN(C)S(=O)(=O)c2ccc(C(F)(F)F)cc2)CC1. The topological polar surface area (TPSA) is 49.9 Å². The van der Waals surface area contributed by atoms with E-state index in [1.807, 2.05) is 19.2 Å². The maximum absolute atomic E-state index is 12.7. The molecular formula is C24H35F3N2O3S. The van der Waals surface area contributed by atoms with Crippen molar-refractivity contribution >= 4 is 10.0 Å². The molecule has 1 aromatic carbocycles. The third-order valence-corrected chi connectivity index (χ3v) is 7.80. The smallest absolute Gasteiger partial charge is 0.377 e. The van der Waals surface area contributed by atoms with E-state index >= 15 is 0 Å². The van der Waals surface area contributed by atoms with Crippen molar-refractivity contribution in [3.8, 4) is 0 Å². The lowest BCUT2D eigenvalue weighted by molar-refractivity contribution is -0.137. The Hall–Kier alpha value is -1.68. The number of ether oxygens (including phenoxy) is 1. The lowest BCUT2D eigenvalue weighted by Crippen LogP contribution is -2.34. The quantitative estimate of drug-likeness (QED) is 0.313. The Morgan fingerprint density at radius 3 is 2.21 bits per heavy atom. The Morgan fingerprint density at radius 2 is 1.64 bits per heavy atom. The molecular weight excluding hydrogens is 453 g/mol. The van der Waals surface area contributed by atoms with Crippen molar-refractivity contribution in [3.63, 3.8) is 0 Å². The zero-order chi connectivity index (χ0) is 24.5. The van der Waals surface area contributed by atoms with Gasteiger partial charge in [0.1, 0.15) is 0 Å². The predicted octanol–water partition coefficient (Wildman–Crippen LogP) is 4.82. The van der Waals surface area contributed by atoms with Gasteiger partial charge in [-0.05, 0) is 68.8 Å². The van der Waals surface area contributed by atoms with Crippen LogP contribution in [0.4, 0.5) is 13.2 Å². The maximum Gasteiger partial charge on any atom is 0.416 e. The lowest BCUT2D eigenvalue weighted by atomic mass is 9.82. The summed E-state index contributed by atoms with van der Waals surface area (Å²) in [6, 6.07) is 3.66. The molecule has 0 radical (unpaired) electrons. The second-order valence-corrected chi connectivity index (χ2v) is 10.8. The van der Waals surface area contributed by atoms with E-state index in [0.29, 0.717) is 25.7 Å². The van der Waals surface area contributed by atoms with Crippen molar-refractivity contribution < 1.29 is 26.3 Å². The van der Waals surface area contributed by atoms with Crippen LogP contribution in [0, 0.1) is 11.8 Å². The van der Waals surface area contributed by atoms with E-state index in [1.165, 1.54) is 11.4 Å². The molecule has 0 spiro atoms. The number of likely N-dealkylation sites (N-methyl/N-ethyl adjacent to an activating group) is 1. The molecule has 1 fully saturated rings. The van der Waals surface area contributed by atoms with Gasteiger partial charge in [-0.2, -0.15) is 13.2 Å². The molecule has 1 aliphatic rings. The van der Waals surface area contributed by atoms with Gasteiger partial charge in [-0.25, -0.2) is 12.7 Å². The Morgan fingerprint density at radius 1 is 1.03 bits per heavy atom. The average Bonchev–Trinajstić information content (AvgIpc) is 2.77. The first-order valence-corrected chi connectivity index (χ1v) is 12.6. The average molecular weight is 489 g/mol. The first-order valence-electron chi connectivity index (χ1n) is 11.2. The number of halogens is 3. The van der Waals surface area contributed by atoms with Crippen LogP contribution in [0.3, 0.4) is 0 Å². The number of sulfonamides is 1. The van der Waals surface area contributed by atoms with Crippen molar-refractivity contribution in [3.05, 3.63) is 54.6 Å². The van der Waals surface area contributed by atoms with Gasteiger partial charge in [-0.15, -0.1) is 6.58 Å². The molecule has 0 aromatic heterocycles. The zero-order valence-electron chi connectivity index (χ0n) is 19.4. The van der Waals surface area contributed by atoms with Gasteiger partial charge in [0.15, 0.2) is 0 Å². The van der Waals surface area contributed by atoms with E-state index in [1.54, 1.807) is 0 Å². The van der Waals surface area contributed by atoms with Crippen LogP contribution < -0.4 is 0 Å². The molecule has 9 heteroatoms. The van der Waals surface area contributed by atoms with E-state index in [4.69, 9.17) is 4.74 Å². The summed E-state index contributed by atoms with van der Waals surface area (Å²) < 4.78 is 70.7. The molecule has 0 amide bonds. The Balaban J connectivity index is 1.73. The van der Waals surface area contributed by atoms with Gasteiger partial charge in [0.05, 0.1) is 17.1 Å². The molecule has 33 heavy (non-hydrogen) atoms. The Bertz CT molecular complexity index is 862. The molecule has 1 saturated carbocycles. The highest BCUT2D eigenvalue weighted by molar-refractivity contribution is 7.89. The van der Waals surface area contributed by atoms with Gasteiger partial charge in [-0.3, -0.25) is 4.90 Å². The van der Waals surface area contributed by atoms with Crippen molar-refractivity contribution in [1.29, 1.82) is 0 Å². The van der Waals surface area contributed by atoms with Crippen molar-refractivity contribution in [1.82, 2.24) is 9.21 Å². The van der Waals surface area contributed by atoms with Crippen molar-refractivity contribution in [2.24, 2.45) is 11.8 Å². The second kappa shape index (κ2) is 12.7. The summed E-state index contributed by atoms with van der Waals surface area (Å²) in [6.07, 6.45) is 5.23. The summed E-state index contributed by atoms with van der Waals surface area (Å²) in [5.41, 5.74) is -0.861. The van der Waals surface area contributed by atoms with E-state index < -0.39 is 21.8 Å². The molecule has 0 N–H and O–H groups in total. The predicted molar refractivity (Wildman–Crippen MR) is 124 cm³/mol. The summed E-state index contributed by atoms with van der Waals surface area (Å²) in [4.78, 5) is 2.02. The molecule has 0 atom stereocenters. The highest BCUT2D eigenvalue weighted by Gasteiger charge is 2.32. The van der Waals surface area contributed by atoms with Crippen LogP contribution in [0.25, 0.3) is 0 Å². The summed E-state index contributed by atoms with van der Waals surface area (Å²) >= 11 is 0. The van der Waals surface area contributed by atoms with Crippen LogP contribution in [0.5, 0.6) is 0 Å². The third kappa shape index (κ3) is 8.88. The van der Waals surface area contributed by atoms with Gasteiger partial charge in [0.25, 0.3) is 0 Å². The number of hydrogen-bond acceptors (Lipinski definition) is 4. The monoisotopic (exact) mass is 488 g/mol. The minimum absolute atomic E-state index is 0.121. The standard InChI is InChI=1S/C24H35F3N2O3S/c1-4-15-28(2)16-5-6-17-32-19-21-9-7-20(8-10-21)18-29(3)33(30,31)23-13-11-22(12-14-23)24(25,26)27/h4-6,11-14,20-21H,1,7-10,15-19H2,2-3H3/b6-5+. The number of alkyl halides is 3. The minimum Gasteiger partial charge on any atom is -0.377 e. The first-order chi connectivity index (χ1) is 15.5. The molecule has 0 unspecified atom stereocenters. The number of hydrogen-bond donors (Lipinski definition) is 0. The van der Waals surface area contributed by atoms with Crippen LogP contribution in [-0.2, 0) is 20.9 Å². The second-order valence-electron chi connectivity index (χ2n) is 8.71. The third-order valence-electron chi connectivity index (χ3n) is 5.96. The highest BCUT2D eigenvalue weighted by atomic mass is 32.2. The van der Waals surface area contributed by atoms with Crippen LogP contribution in [0.1, 0.15) is 31.2 Å². The molecule has 0 aliphatic heterocycles. The fraction of sp³-hybridized carbons (Fsp3) is 0.583. The van der Waals surface area contributed by atoms with Crippen LogP contribution in [0.15, 0.2) is 54.0 Å². The Kier molecular flexibility index (Phi) is 10.6. The Labute approximate surface area is 196 Å². The number of nitrogens with zero attached hydrogens (tertiary/aromatic N) is 2. The van der Waals surface area contributed by atoms with E-state index in [9.17, 15) is 21.6 Å². The molecule has 2 rings (SSSR count). The summed E-state index contributed by atoms with van der Waals surface area (Å²) in [5.74, 6) is 0.700. The molecule has 5 nitrogen and oxygen atoms in total. The maximum atomic E-state index is 12.7. The molecule has 1 aliphatic carbocycles. The van der Waals surface area contributed by atoms with Gasteiger partial charge in [0.2, 0.25) is 10.0 Å². The fourth-order valence-corrected chi connectivity index (χ4v) is 5.21. The van der Waals surface area contributed by atoms with Gasteiger partial charge in [-0.1, -0.05) is 18.2 Å². The van der Waals surface area contributed by atoms with E-state index in [-0.39, 0.29) is 10.8 Å². The van der Waals surface area contributed by atoms with Crippen molar-refractivity contribution in [2.75, 3.05) is 46.9 Å². The van der Waals surface area contributed by atoms with Crippen LogP contribution in [0.2, 0.25) is 0 Å². The molecule has 0 saturated heterocycles. The molecule has 0 bridgehead atoms. The first kappa shape index (κ1) is 27.6. The van der Waals surface area contributed by atoms with Gasteiger partial charge >= 0.3 is 6.18 Å². The minimum atomic E-state index is -4.49. The lowest BCUT2D eigenvalue weighted by Gasteiger charge is -2.30. The fourth-order valence-electron chi connectivity index (χ4n) is 3.96. The zero-order valence-corrected chi connectivity index (χ0v) is 20.2. The van der Waals surface area contributed by atoms with Crippen LogP contribution >= 0.6 is 0 Å².